The molecule has 0 spiro atoms. The number of alkyl halides is 2. The molecule has 22 heavy (non-hydrogen) atoms. The smallest absolute Gasteiger partial charge is 0.353 e. The molecule has 0 aliphatic rings. The highest BCUT2D eigenvalue weighted by Gasteiger charge is 2.50. The summed E-state index contributed by atoms with van der Waals surface area (Å²) < 4.78 is 28.8. The molecule has 1 aromatic rings. The molecule has 0 aromatic carbocycles. The zero-order chi connectivity index (χ0) is 17.1. The van der Waals surface area contributed by atoms with Crippen LogP contribution >= 0.6 is 22.6 Å². The van der Waals surface area contributed by atoms with Gasteiger partial charge in [-0.05, 0) is 10.2 Å². The van der Waals surface area contributed by atoms with Gasteiger partial charge in [-0.2, -0.15) is 8.78 Å². The van der Waals surface area contributed by atoms with E-state index >= 15 is 0 Å². The molecule has 0 fully saturated rings. The predicted octanol–water partition coefficient (Wildman–Crippen LogP) is -1.07. The summed E-state index contributed by atoms with van der Waals surface area (Å²) in [6.07, 6.45) is -3.46. The van der Waals surface area contributed by atoms with Crippen molar-refractivity contribution in [1.82, 2.24) is 9.55 Å². The number of aliphatic hydroxyl groups is 3. The molecule has 4 N–H and O–H groups in total. The maximum atomic E-state index is 13.8. The number of nitrogens with zero attached hydrogens (tertiary/aromatic N) is 1. The van der Waals surface area contributed by atoms with Crippen molar-refractivity contribution in [2.75, 3.05) is 6.61 Å². The van der Waals surface area contributed by atoms with Crippen molar-refractivity contribution in [3.05, 3.63) is 36.7 Å². The highest BCUT2D eigenvalue weighted by atomic mass is 127. The maximum Gasteiger partial charge on any atom is 0.353 e. The van der Waals surface area contributed by atoms with Crippen molar-refractivity contribution in [1.29, 1.82) is 0 Å². The SMILES string of the molecule is O=C(n1cc(/C=C/I)c(=O)[nH]c1=O)C(F)(F)[C@H](O)[C@@H](O)CO. The normalized spacial score (nSPS) is 15.0. The Morgan fingerprint density at radius 1 is 1.45 bits per heavy atom. The van der Waals surface area contributed by atoms with Crippen LogP contribution in [0.5, 0.6) is 0 Å². The van der Waals surface area contributed by atoms with E-state index in [9.17, 15) is 28.3 Å². The van der Waals surface area contributed by atoms with Crippen LogP contribution in [0.1, 0.15) is 10.4 Å². The first-order valence-corrected chi connectivity index (χ1v) is 6.93. The molecule has 0 aliphatic heterocycles. The van der Waals surface area contributed by atoms with Crippen LogP contribution in [-0.2, 0) is 0 Å². The molecule has 11 heteroatoms. The van der Waals surface area contributed by atoms with E-state index in [-0.39, 0.29) is 10.1 Å². The van der Waals surface area contributed by atoms with Gasteiger partial charge in [0, 0.05) is 6.20 Å². The lowest BCUT2D eigenvalue weighted by molar-refractivity contribution is -0.136. The number of rotatable bonds is 5. The number of aliphatic hydroxyl groups excluding tert-OH is 3. The molecule has 8 nitrogen and oxygen atoms in total. The molecule has 0 unspecified atom stereocenters. The first kappa shape index (κ1) is 18.6. The van der Waals surface area contributed by atoms with Crippen LogP contribution in [0, 0.1) is 0 Å². The summed E-state index contributed by atoms with van der Waals surface area (Å²) in [6, 6.07) is 0. The summed E-state index contributed by atoms with van der Waals surface area (Å²) >= 11 is 1.73. The molecule has 1 aromatic heterocycles. The molecule has 0 amide bonds. The minimum atomic E-state index is -4.56. The van der Waals surface area contributed by atoms with Gasteiger partial charge in [0.2, 0.25) is 0 Å². The average molecular weight is 432 g/mol. The molecular formula is C11H11F2IN2O6. The van der Waals surface area contributed by atoms with E-state index in [1.54, 1.807) is 27.6 Å². The Labute approximate surface area is 134 Å². The van der Waals surface area contributed by atoms with E-state index in [0.717, 1.165) is 0 Å². The zero-order valence-corrected chi connectivity index (χ0v) is 12.9. The lowest BCUT2D eigenvalue weighted by Crippen LogP contribution is -2.53. The van der Waals surface area contributed by atoms with Crippen LogP contribution < -0.4 is 11.2 Å². The fraction of sp³-hybridized carbons (Fsp3) is 0.364. The largest absolute Gasteiger partial charge is 0.394 e. The summed E-state index contributed by atoms with van der Waals surface area (Å²) in [7, 11) is 0. The number of hydrogen-bond acceptors (Lipinski definition) is 6. The van der Waals surface area contributed by atoms with Crippen molar-refractivity contribution in [2.45, 2.75) is 18.1 Å². The van der Waals surface area contributed by atoms with Crippen LogP contribution in [0.4, 0.5) is 8.78 Å². The molecule has 0 radical (unpaired) electrons. The van der Waals surface area contributed by atoms with E-state index in [2.05, 4.69) is 0 Å². The average Bonchev–Trinajstić information content (AvgIpc) is 2.47. The Kier molecular flexibility index (Phi) is 6.10. The predicted molar refractivity (Wildman–Crippen MR) is 79.0 cm³/mol. The zero-order valence-electron chi connectivity index (χ0n) is 10.7. The monoisotopic (exact) mass is 432 g/mol. The van der Waals surface area contributed by atoms with Gasteiger partial charge in [-0.1, -0.05) is 22.6 Å². The topological polar surface area (TPSA) is 133 Å². The molecular weight excluding hydrogens is 421 g/mol. The lowest BCUT2D eigenvalue weighted by atomic mass is 10.1. The summed E-state index contributed by atoms with van der Waals surface area (Å²) in [4.78, 5) is 36.3. The summed E-state index contributed by atoms with van der Waals surface area (Å²) in [5.41, 5.74) is -2.55. The van der Waals surface area contributed by atoms with Crippen molar-refractivity contribution in [3.8, 4) is 0 Å². The maximum absolute atomic E-state index is 13.8. The van der Waals surface area contributed by atoms with Crippen molar-refractivity contribution < 1.29 is 28.9 Å². The highest BCUT2D eigenvalue weighted by Crippen LogP contribution is 2.23. The number of nitrogens with one attached hydrogen (secondary N) is 1. The number of hydrogen-bond donors (Lipinski definition) is 4. The minimum absolute atomic E-state index is 0.0827. The fourth-order valence-electron chi connectivity index (χ4n) is 1.45. The Bertz CT molecular complexity index is 699. The van der Waals surface area contributed by atoms with Gasteiger partial charge in [0.1, 0.15) is 6.10 Å². The second-order valence-corrected chi connectivity index (χ2v) is 4.85. The summed E-state index contributed by atoms with van der Waals surface area (Å²) in [5, 5.41) is 26.8. The van der Waals surface area contributed by atoms with Gasteiger partial charge in [0.05, 0.1) is 12.2 Å². The Balaban J connectivity index is 3.36. The molecule has 0 saturated heterocycles. The Morgan fingerprint density at radius 3 is 2.55 bits per heavy atom. The summed E-state index contributed by atoms with van der Waals surface area (Å²) in [5.74, 6) is -6.72. The Hall–Kier alpha value is -1.44. The van der Waals surface area contributed by atoms with Gasteiger partial charge in [0.15, 0.2) is 6.10 Å². The van der Waals surface area contributed by atoms with Gasteiger partial charge in [-0.15, -0.1) is 0 Å². The van der Waals surface area contributed by atoms with Crippen molar-refractivity contribution in [2.24, 2.45) is 0 Å². The van der Waals surface area contributed by atoms with Gasteiger partial charge in [-0.25, -0.2) is 9.36 Å². The molecule has 1 rings (SSSR count). The van der Waals surface area contributed by atoms with Crippen molar-refractivity contribution >= 4 is 34.6 Å². The van der Waals surface area contributed by atoms with Gasteiger partial charge < -0.3 is 15.3 Å². The fourth-order valence-corrected chi connectivity index (χ4v) is 1.84. The van der Waals surface area contributed by atoms with Crippen LogP contribution in [-0.4, -0.2) is 55.5 Å². The van der Waals surface area contributed by atoms with E-state index in [1.807, 2.05) is 0 Å². The molecule has 1 heterocycles. The van der Waals surface area contributed by atoms with Crippen molar-refractivity contribution in [3.63, 3.8) is 0 Å². The number of carbonyl (C=O) groups excluding carboxylic acids is 1. The number of aromatic nitrogens is 2. The third-order valence-corrected chi connectivity index (χ3v) is 3.00. The van der Waals surface area contributed by atoms with Gasteiger partial charge in [0.25, 0.3) is 5.56 Å². The number of carbonyl (C=O) groups is 1. The Morgan fingerprint density at radius 2 is 2.05 bits per heavy atom. The molecule has 0 aliphatic carbocycles. The second-order valence-electron chi connectivity index (χ2n) is 4.13. The quantitative estimate of drug-likeness (QED) is 0.439. The van der Waals surface area contributed by atoms with E-state index < -0.39 is 41.9 Å². The second kappa shape index (κ2) is 7.21. The first-order valence-electron chi connectivity index (χ1n) is 5.69. The van der Waals surface area contributed by atoms with Crippen LogP contribution in [0.25, 0.3) is 6.08 Å². The molecule has 122 valence electrons. The number of H-pyrrole nitrogens is 1. The lowest BCUT2D eigenvalue weighted by Gasteiger charge is -2.24. The van der Waals surface area contributed by atoms with Crippen LogP contribution in [0.2, 0.25) is 0 Å². The van der Waals surface area contributed by atoms with E-state index in [4.69, 9.17) is 10.2 Å². The van der Waals surface area contributed by atoms with Gasteiger partial charge in [-0.3, -0.25) is 14.6 Å². The molecule has 2 atom stereocenters. The third kappa shape index (κ3) is 3.66. The van der Waals surface area contributed by atoms with E-state index in [0.29, 0.717) is 6.20 Å². The first-order chi connectivity index (χ1) is 10.2. The third-order valence-electron chi connectivity index (χ3n) is 2.64. The molecule has 0 saturated carbocycles. The van der Waals surface area contributed by atoms with Crippen LogP contribution in [0.15, 0.2) is 19.9 Å². The summed E-state index contributed by atoms with van der Waals surface area (Å²) in [6.45, 7) is -1.21. The van der Waals surface area contributed by atoms with E-state index in [1.165, 1.54) is 10.2 Å². The highest BCUT2D eigenvalue weighted by molar-refractivity contribution is 14.1. The molecule has 0 bridgehead atoms. The number of halogens is 3. The van der Waals surface area contributed by atoms with Crippen LogP contribution in [0.3, 0.4) is 0 Å². The standard InChI is InChI=1S/C11H11F2IN2O6/c12-11(13,7(19)6(18)4-17)9(21)16-3-5(1-2-14)8(20)15-10(16)22/h1-3,6-7,17-19H,4H2,(H,15,20,22)/b2-1+/t6-,7+/m0/s1. The van der Waals surface area contributed by atoms with Gasteiger partial charge >= 0.3 is 17.5 Å². The number of aromatic amines is 1. The minimum Gasteiger partial charge on any atom is -0.394 e.